The van der Waals surface area contributed by atoms with E-state index in [4.69, 9.17) is 9.47 Å². The highest BCUT2D eigenvalue weighted by Gasteiger charge is 2.26. The van der Waals surface area contributed by atoms with Crippen LogP contribution in [0.25, 0.3) is 0 Å². The number of amides is 1. The molecule has 1 aromatic heterocycles. The zero-order valence-electron chi connectivity index (χ0n) is 14.9. The molecule has 0 spiro atoms. The molecule has 1 saturated heterocycles. The number of para-hydroxylation sites is 1. The second-order valence-electron chi connectivity index (χ2n) is 6.82. The minimum Gasteiger partial charge on any atom is -0.454 e. The van der Waals surface area contributed by atoms with Crippen LogP contribution in [0.3, 0.4) is 0 Å². The second-order valence-corrected chi connectivity index (χ2v) is 6.82. The fraction of sp³-hybridized carbons (Fsp3) is 0.400. The highest BCUT2D eigenvalue weighted by molar-refractivity contribution is 5.79. The molecular formula is C20H23N3O3. The van der Waals surface area contributed by atoms with Gasteiger partial charge in [0.15, 0.2) is 11.5 Å². The maximum atomic E-state index is 12.5. The van der Waals surface area contributed by atoms with Crippen LogP contribution in [-0.2, 0) is 11.3 Å². The van der Waals surface area contributed by atoms with Gasteiger partial charge >= 0.3 is 0 Å². The van der Waals surface area contributed by atoms with E-state index in [-0.39, 0.29) is 18.6 Å². The number of ether oxygens (including phenoxy) is 2. The third kappa shape index (κ3) is 3.45. The van der Waals surface area contributed by atoms with Crippen molar-refractivity contribution in [2.75, 3.05) is 24.8 Å². The third-order valence-corrected chi connectivity index (χ3v) is 5.02. The Hall–Kier alpha value is -2.76. The number of nitrogens with zero attached hydrogens (tertiary/aromatic N) is 2. The van der Waals surface area contributed by atoms with E-state index in [0.29, 0.717) is 6.54 Å². The van der Waals surface area contributed by atoms with Gasteiger partial charge in [-0.1, -0.05) is 18.2 Å². The SMILES string of the molecule is Cc1ccc(N2CCC(C(=O)NCc3cccc4c3OCO4)CC2)nc1. The van der Waals surface area contributed by atoms with Crippen LogP contribution in [0.4, 0.5) is 5.82 Å². The summed E-state index contributed by atoms with van der Waals surface area (Å²) in [7, 11) is 0. The van der Waals surface area contributed by atoms with Crippen LogP contribution < -0.4 is 19.7 Å². The van der Waals surface area contributed by atoms with E-state index in [1.54, 1.807) is 0 Å². The largest absolute Gasteiger partial charge is 0.454 e. The number of rotatable bonds is 4. The number of carbonyl (C=O) groups is 1. The number of carbonyl (C=O) groups excluding carboxylic acids is 1. The average Bonchev–Trinajstić information content (AvgIpc) is 3.16. The molecule has 1 amide bonds. The Labute approximate surface area is 153 Å². The predicted octanol–water partition coefficient (Wildman–Crippen LogP) is 2.65. The van der Waals surface area contributed by atoms with Crippen molar-refractivity contribution in [2.45, 2.75) is 26.3 Å². The van der Waals surface area contributed by atoms with E-state index in [1.807, 2.05) is 37.4 Å². The van der Waals surface area contributed by atoms with Crippen molar-refractivity contribution in [1.82, 2.24) is 10.3 Å². The van der Waals surface area contributed by atoms with Crippen molar-refractivity contribution in [3.05, 3.63) is 47.7 Å². The number of benzene rings is 1. The van der Waals surface area contributed by atoms with E-state index in [0.717, 1.165) is 54.4 Å². The number of hydrogen-bond acceptors (Lipinski definition) is 5. The molecule has 0 aliphatic carbocycles. The van der Waals surface area contributed by atoms with E-state index in [2.05, 4.69) is 21.3 Å². The van der Waals surface area contributed by atoms with Crippen LogP contribution in [0.1, 0.15) is 24.0 Å². The molecule has 6 heteroatoms. The monoisotopic (exact) mass is 353 g/mol. The predicted molar refractivity (Wildman–Crippen MR) is 98.3 cm³/mol. The lowest BCUT2D eigenvalue weighted by molar-refractivity contribution is -0.125. The summed E-state index contributed by atoms with van der Waals surface area (Å²) in [4.78, 5) is 19.3. The first-order chi connectivity index (χ1) is 12.7. The molecule has 4 rings (SSSR count). The molecule has 0 bridgehead atoms. The third-order valence-electron chi connectivity index (χ3n) is 5.02. The van der Waals surface area contributed by atoms with Crippen LogP contribution in [0.2, 0.25) is 0 Å². The molecule has 26 heavy (non-hydrogen) atoms. The van der Waals surface area contributed by atoms with Crippen molar-refractivity contribution < 1.29 is 14.3 Å². The average molecular weight is 353 g/mol. The topological polar surface area (TPSA) is 63.7 Å². The lowest BCUT2D eigenvalue weighted by Crippen LogP contribution is -2.40. The molecule has 2 aliphatic rings. The smallest absolute Gasteiger partial charge is 0.231 e. The fourth-order valence-corrected chi connectivity index (χ4v) is 3.47. The minimum atomic E-state index is 0.0469. The summed E-state index contributed by atoms with van der Waals surface area (Å²) in [6.07, 6.45) is 3.57. The van der Waals surface area contributed by atoms with E-state index in [1.165, 1.54) is 0 Å². The highest BCUT2D eigenvalue weighted by atomic mass is 16.7. The highest BCUT2D eigenvalue weighted by Crippen LogP contribution is 2.35. The lowest BCUT2D eigenvalue weighted by Gasteiger charge is -2.32. The molecule has 1 fully saturated rings. The molecule has 1 aromatic carbocycles. The van der Waals surface area contributed by atoms with Gasteiger partial charge in [0.1, 0.15) is 5.82 Å². The maximum absolute atomic E-state index is 12.5. The van der Waals surface area contributed by atoms with Crippen molar-refractivity contribution in [2.24, 2.45) is 5.92 Å². The van der Waals surface area contributed by atoms with E-state index >= 15 is 0 Å². The first-order valence-electron chi connectivity index (χ1n) is 9.03. The molecule has 2 aromatic rings. The summed E-state index contributed by atoms with van der Waals surface area (Å²) >= 11 is 0. The first-order valence-corrected chi connectivity index (χ1v) is 9.03. The number of anilines is 1. The van der Waals surface area contributed by atoms with Gasteiger partial charge in [0.05, 0.1) is 0 Å². The number of hydrogen-bond donors (Lipinski definition) is 1. The van der Waals surface area contributed by atoms with Gasteiger partial charge < -0.3 is 19.7 Å². The Morgan fingerprint density at radius 1 is 1.23 bits per heavy atom. The molecule has 0 radical (unpaired) electrons. The van der Waals surface area contributed by atoms with Gasteiger partial charge in [-0.3, -0.25) is 4.79 Å². The molecule has 6 nitrogen and oxygen atoms in total. The van der Waals surface area contributed by atoms with E-state index < -0.39 is 0 Å². The zero-order chi connectivity index (χ0) is 17.9. The summed E-state index contributed by atoms with van der Waals surface area (Å²) in [6, 6.07) is 9.88. The van der Waals surface area contributed by atoms with Gasteiger partial charge in [0.25, 0.3) is 0 Å². The molecule has 0 saturated carbocycles. The quantitative estimate of drug-likeness (QED) is 0.915. The molecule has 1 N–H and O–H groups in total. The molecule has 3 heterocycles. The summed E-state index contributed by atoms with van der Waals surface area (Å²) in [5, 5.41) is 3.05. The Bertz CT molecular complexity index is 783. The second kappa shape index (κ2) is 7.23. The number of pyridine rings is 1. The number of aryl methyl sites for hydroxylation is 1. The van der Waals surface area contributed by atoms with Crippen LogP contribution >= 0.6 is 0 Å². The van der Waals surface area contributed by atoms with Crippen LogP contribution in [0.5, 0.6) is 11.5 Å². The van der Waals surface area contributed by atoms with Crippen LogP contribution in [0, 0.1) is 12.8 Å². The number of nitrogens with one attached hydrogen (secondary N) is 1. The Balaban J connectivity index is 1.30. The van der Waals surface area contributed by atoms with Crippen molar-refractivity contribution in [1.29, 1.82) is 0 Å². The van der Waals surface area contributed by atoms with Crippen molar-refractivity contribution >= 4 is 11.7 Å². The summed E-state index contributed by atoms with van der Waals surface area (Å²) < 4.78 is 10.9. The van der Waals surface area contributed by atoms with Gasteiger partial charge in [-0.2, -0.15) is 0 Å². The fourth-order valence-electron chi connectivity index (χ4n) is 3.47. The first kappa shape index (κ1) is 16.7. The standard InChI is InChI=1S/C20H23N3O3/c1-14-5-6-18(21-11-14)23-9-7-15(8-10-23)20(24)22-12-16-3-2-4-17-19(16)26-13-25-17/h2-6,11,15H,7-10,12-13H2,1H3,(H,22,24). The maximum Gasteiger partial charge on any atom is 0.231 e. The van der Waals surface area contributed by atoms with Gasteiger partial charge in [0, 0.05) is 37.3 Å². The number of piperidine rings is 1. The van der Waals surface area contributed by atoms with Gasteiger partial charge in [-0.25, -0.2) is 4.98 Å². The van der Waals surface area contributed by atoms with E-state index in [9.17, 15) is 4.79 Å². The minimum absolute atomic E-state index is 0.0469. The molecule has 2 aliphatic heterocycles. The number of aromatic nitrogens is 1. The molecular weight excluding hydrogens is 330 g/mol. The Morgan fingerprint density at radius 2 is 2.08 bits per heavy atom. The van der Waals surface area contributed by atoms with Gasteiger partial charge in [-0.15, -0.1) is 0 Å². The Kier molecular flexibility index (Phi) is 4.65. The normalized spacial score (nSPS) is 16.6. The lowest BCUT2D eigenvalue weighted by atomic mass is 9.95. The van der Waals surface area contributed by atoms with Crippen molar-refractivity contribution in [3.63, 3.8) is 0 Å². The number of fused-ring (bicyclic) bond motifs is 1. The molecule has 0 unspecified atom stereocenters. The van der Waals surface area contributed by atoms with Gasteiger partial charge in [-0.05, 0) is 37.5 Å². The summed E-state index contributed by atoms with van der Waals surface area (Å²) in [5.41, 5.74) is 2.11. The van der Waals surface area contributed by atoms with Crippen LogP contribution in [-0.4, -0.2) is 30.8 Å². The summed E-state index contributed by atoms with van der Waals surface area (Å²) in [6.45, 7) is 4.45. The van der Waals surface area contributed by atoms with Gasteiger partial charge in [0.2, 0.25) is 12.7 Å². The zero-order valence-corrected chi connectivity index (χ0v) is 14.9. The Morgan fingerprint density at radius 3 is 2.85 bits per heavy atom. The molecule has 0 atom stereocenters. The van der Waals surface area contributed by atoms with Crippen LogP contribution in [0.15, 0.2) is 36.5 Å². The molecule has 136 valence electrons. The summed E-state index contributed by atoms with van der Waals surface area (Å²) in [5.74, 6) is 2.64. The van der Waals surface area contributed by atoms with Crippen molar-refractivity contribution in [3.8, 4) is 11.5 Å².